The van der Waals surface area contributed by atoms with Crippen LogP contribution in [0.5, 0.6) is 0 Å². The van der Waals surface area contributed by atoms with Crippen LogP contribution < -0.4 is 0 Å². The molecule has 1 aliphatic rings. The van der Waals surface area contributed by atoms with Crippen molar-refractivity contribution in [3.63, 3.8) is 0 Å². The van der Waals surface area contributed by atoms with Gasteiger partial charge in [0.05, 0.1) is 0 Å². The number of rotatable bonds is 6. The van der Waals surface area contributed by atoms with E-state index in [1.807, 2.05) is 11.9 Å². The van der Waals surface area contributed by atoms with E-state index in [0.717, 1.165) is 12.1 Å². The van der Waals surface area contributed by atoms with E-state index in [4.69, 9.17) is 0 Å². The molecule has 0 aromatic heterocycles. The quantitative estimate of drug-likeness (QED) is 0.662. The lowest BCUT2D eigenvalue weighted by Crippen LogP contribution is -2.45. The number of hydrogen-bond acceptors (Lipinski definition) is 3. The molecule has 16 heavy (non-hydrogen) atoms. The van der Waals surface area contributed by atoms with Crippen LogP contribution in [0, 0.1) is 0 Å². The van der Waals surface area contributed by atoms with E-state index in [1.165, 1.54) is 45.2 Å². The second kappa shape index (κ2) is 7.57. The van der Waals surface area contributed by atoms with Gasteiger partial charge in [-0.1, -0.05) is 25.3 Å². The normalized spacial score (nSPS) is 27.6. The summed E-state index contributed by atoms with van der Waals surface area (Å²) in [5, 5.41) is 0. The van der Waals surface area contributed by atoms with Crippen molar-refractivity contribution in [3.05, 3.63) is 0 Å². The lowest BCUT2D eigenvalue weighted by Gasteiger charge is -2.40. The molecule has 0 spiro atoms. The van der Waals surface area contributed by atoms with Crippen LogP contribution in [0.15, 0.2) is 0 Å². The Hall–Kier alpha value is 0.270. The summed E-state index contributed by atoms with van der Waals surface area (Å²) in [6.45, 7) is 7.23. The van der Waals surface area contributed by atoms with Gasteiger partial charge >= 0.3 is 0 Å². The van der Waals surface area contributed by atoms with Gasteiger partial charge in [0.1, 0.15) is 0 Å². The first-order valence-corrected chi connectivity index (χ1v) is 7.88. The SMILES string of the molecule is CCC1CCC[C@@H](C)N1CCCN(C)SC. The molecule has 2 atom stereocenters. The Labute approximate surface area is 106 Å². The highest BCUT2D eigenvalue weighted by molar-refractivity contribution is 7.96. The summed E-state index contributed by atoms with van der Waals surface area (Å²) >= 11 is 1.83. The standard InChI is InChI=1S/C13H28N2S/c1-5-13-9-6-8-12(2)15(13)11-7-10-14(3)16-4/h12-13H,5-11H2,1-4H3/t12-,13?/m1/s1. The van der Waals surface area contributed by atoms with Gasteiger partial charge in [0.15, 0.2) is 0 Å². The molecule has 1 unspecified atom stereocenters. The summed E-state index contributed by atoms with van der Waals surface area (Å²) in [7, 11) is 2.18. The Bertz CT molecular complexity index is 187. The van der Waals surface area contributed by atoms with Crippen molar-refractivity contribution in [3.8, 4) is 0 Å². The minimum atomic E-state index is 0.804. The molecule has 1 saturated heterocycles. The van der Waals surface area contributed by atoms with Gasteiger partial charge in [0, 0.05) is 18.6 Å². The largest absolute Gasteiger partial charge is 0.298 e. The molecule has 1 rings (SSSR count). The van der Waals surface area contributed by atoms with Crippen LogP contribution in [0.1, 0.15) is 46.0 Å². The summed E-state index contributed by atoms with van der Waals surface area (Å²) in [6.07, 6.45) is 9.02. The average molecular weight is 244 g/mol. The average Bonchev–Trinajstić information content (AvgIpc) is 2.30. The number of likely N-dealkylation sites (tertiary alicyclic amines) is 1. The molecule has 0 amide bonds. The fourth-order valence-corrected chi connectivity index (χ4v) is 3.06. The molecule has 3 heteroatoms. The van der Waals surface area contributed by atoms with Gasteiger partial charge < -0.3 is 0 Å². The van der Waals surface area contributed by atoms with Gasteiger partial charge in [-0.25, -0.2) is 0 Å². The van der Waals surface area contributed by atoms with Crippen molar-refractivity contribution in [1.82, 2.24) is 9.21 Å². The topological polar surface area (TPSA) is 6.48 Å². The van der Waals surface area contributed by atoms with Gasteiger partial charge in [-0.3, -0.25) is 9.21 Å². The first-order valence-electron chi connectivity index (χ1n) is 6.70. The second-order valence-electron chi connectivity index (χ2n) is 4.97. The van der Waals surface area contributed by atoms with E-state index < -0.39 is 0 Å². The van der Waals surface area contributed by atoms with Crippen LogP contribution in [0.3, 0.4) is 0 Å². The first-order chi connectivity index (χ1) is 7.69. The molecule has 0 saturated carbocycles. The Morgan fingerprint density at radius 3 is 2.75 bits per heavy atom. The van der Waals surface area contributed by atoms with E-state index in [-0.39, 0.29) is 0 Å². The maximum atomic E-state index is 2.75. The van der Waals surface area contributed by atoms with E-state index in [1.54, 1.807) is 0 Å². The van der Waals surface area contributed by atoms with Crippen LogP contribution in [-0.4, -0.2) is 47.7 Å². The van der Waals surface area contributed by atoms with Gasteiger partial charge in [0.25, 0.3) is 0 Å². The van der Waals surface area contributed by atoms with Crippen molar-refractivity contribution in [2.24, 2.45) is 0 Å². The predicted molar refractivity (Wildman–Crippen MR) is 74.9 cm³/mol. The molecular weight excluding hydrogens is 216 g/mol. The molecule has 1 fully saturated rings. The Kier molecular flexibility index (Phi) is 6.78. The van der Waals surface area contributed by atoms with Crippen molar-refractivity contribution in [2.75, 3.05) is 26.4 Å². The Balaban J connectivity index is 2.31. The molecule has 2 nitrogen and oxygen atoms in total. The number of hydrogen-bond donors (Lipinski definition) is 0. The molecule has 0 aromatic carbocycles. The van der Waals surface area contributed by atoms with Crippen molar-refractivity contribution in [2.45, 2.75) is 58.0 Å². The zero-order valence-electron chi connectivity index (χ0n) is 11.4. The maximum Gasteiger partial charge on any atom is 0.00983 e. The lowest BCUT2D eigenvalue weighted by atomic mass is 9.94. The lowest BCUT2D eigenvalue weighted by molar-refractivity contribution is 0.0877. The first kappa shape index (κ1) is 14.3. The maximum absolute atomic E-state index is 2.75. The molecular formula is C13H28N2S. The zero-order valence-corrected chi connectivity index (χ0v) is 12.2. The third-order valence-corrected chi connectivity index (χ3v) is 4.67. The summed E-state index contributed by atoms with van der Waals surface area (Å²) in [6, 6.07) is 1.65. The van der Waals surface area contributed by atoms with Crippen LogP contribution in [0.4, 0.5) is 0 Å². The minimum absolute atomic E-state index is 0.804. The van der Waals surface area contributed by atoms with Gasteiger partial charge in [-0.15, -0.1) is 0 Å². The molecule has 1 aliphatic heterocycles. The van der Waals surface area contributed by atoms with Crippen LogP contribution >= 0.6 is 11.9 Å². The number of nitrogens with zero attached hydrogens (tertiary/aromatic N) is 2. The van der Waals surface area contributed by atoms with Crippen molar-refractivity contribution >= 4 is 11.9 Å². The zero-order chi connectivity index (χ0) is 12.0. The van der Waals surface area contributed by atoms with E-state index in [2.05, 4.69) is 36.4 Å². The van der Waals surface area contributed by atoms with Gasteiger partial charge in [-0.2, -0.15) is 0 Å². The molecule has 0 aliphatic carbocycles. The van der Waals surface area contributed by atoms with Crippen LogP contribution in [-0.2, 0) is 0 Å². The van der Waals surface area contributed by atoms with Crippen molar-refractivity contribution in [1.29, 1.82) is 0 Å². The third kappa shape index (κ3) is 4.27. The highest BCUT2D eigenvalue weighted by atomic mass is 32.2. The van der Waals surface area contributed by atoms with E-state index in [0.29, 0.717) is 0 Å². The second-order valence-corrected chi connectivity index (χ2v) is 5.96. The van der Waals surface area contributed by atoms with Gasteiger partial charge in [0.2, 0.25) is 0 Å². The summed E-state index contributed by atoms with van der Waals surface area (Å²) in [5.74, 6) is 0. The molecule has 0 N–H and O–H groups in total. The van der Waals surface area contributed by atoms with E-state index in [9.17, 15) is 0 Å². The summed E-state index contributed by atoms with van der Waals surface area (Å²) in [4.78, 5) is 2.75. The summed E-state index contributed by atoms with van der Waals surface area (Å²) in [5.41, 5.74) is 0. The fraction of sp³-hybridized carbons (Fsp3) is 1.00. The number of piperidine rings is 1. The predicted octanol–water partition coefficient (Wildman–Crippen LogP) is 3.24. The molecule has 1 heterocycles. The smallest absolute Gasteiger partial charge is 0.00983 e. The molecule has 96 valence electrons. The van der Waals surface area contributed by atoms with Crippen LogP contribution in [0.25, 0.3) is 0 Å². The van der Waals surface area contributed by atoms with Crippen LogP contribution in [0.2, 0.25) is 0 Å². The van der Waals surface area contributed by atoms with E-state index >= 15 is 0 Å². The monoisotopic (exact) mass is 244 g/mol. The highest BCUT2D eigenvalue weighted by Gasteiger charge is 2.25. The van der Waals surface area contributed by atoms with Gasteiger partial charge in [-0.05, 0) is 52.5 Å². The Morgan fingerprint density at radius 1 is 1.38 bits per heavy atom. The molecule has 0 aromatic rings. The fourth-order valence-electron chi connectivity index (χ4n) is 2.75. The molecule has 0 radical (unpaired) electrons. The van der Waals surface area contributed by atoms with Crippen molar-refractivity contribution < 1.29 is 0 Å². The third-order valence-electron chi connectivity index (χ3n) is 3.87. The Morgan fingerprint density at radius 2 is 2.12 bits per heavy atom. The highest BCUT2D eigenvalue weighted by Crippen LogP contribution is 2.24. The molecule has 0 bridgehead atoms. The minimum Gasteiger partial charge on any atom is -0.298 e. The summed E-state index contributed by atoms with van der Waals surface area (Å²) < 4.78 is 2.33.